The molecule has 0 radical (unpaired) electrons. The van der Waals surface area contributed by atoms with Crippen molar-refractivity contribution in [3.8, 4) is 5.75 Å². The summed E-state index contributed by atoms with van der Waals surface area (Å²) in [6, 6.07) is 11.6. The van der Waals surface area contributed by atoms with E-state index in [1.165, 1.54) is 4.90 Å². The molecule has 0 fully saturated rings. The topological polar surface area (TPSA) is 222 Å². The van der Waals surface area contributed by atoms with Crippen molar-refractivity contribution in [1.82, 2.24) is 38.7 Å². The Kier molecular flexibility index (Phi) is 9.83. The van der Waals surface area contributed by atoms with E-state index in [0.717, 1.165) is 0 Å². The van der Waals surface area contributed by atoms with E-state index in [2.05, 4.69) is 20.8 Å². The summed E-state index contributed by atoms with van der Waals surface area (Å²) in [5.41, 5.74) is 10.7. The first-order valence-corrected chi connectivity index (χ1v) is 18.0. The third-order valence-electron chi connectivity index (χ3n) is 9.70. The number of primary amides is 1. The van der Waals surface area contributed by atoms with Crippen LogP contribution < -0.4 is 26.0 Å². The van der Waals surface area contributed by atoms with Crippen LogP contribution in [0.25, 0.3) is 22.1 Å². The summed E-state index contributed by atoms with van der Waals surface area (Å²) < 4.78 is 13.2. The van der Waals surface area contributed by atoms with Gasteiger partial charge in [0.2, 0.25) is 17.8 Å². The van der Waals surface area contributed by atoms with Gasteiger partial charge in [-0.3, -0.25) is 39.2 Å². The number of anilines is 3. The summed E-state index contributed by atoms with van der Waals surface area (Å²) in [6.07, 6.45) is 1.09. The molecular formula is C37H42N12O6. The second kappa shape index (κ2) is 14.7. The number of rotatable bonds is 13. The van der Waals surface area contributed by atoms with Crippen LogP contribution in [-0.2, 0) is 24.4 Å². The van der Waals surface area contributed by atoms with E-state index in [4.69, 9.17) is 20.4 Å². The minimum atomic E-state index is -0.681. The van der Waals surface area contributed by atoms with Crippen LogP contribution in [-0.4, -0.2) is 87.7 Å². The van der Waals surface area contributed by atoms with Crippen LogP contribution in [0.4, 0.5) is 17.6 Å². The zero-order valence-corrected chi connectivity index (χ0v) is 31.2. The lowest BCUT2D eigenvalue weighted by molar-refractivity contribution is -0.120. The lowest BCUT2D eigenvalue weighted by Crippen LogP contribution is -2.29. The van der Waals surface area contributed by atoms with Gasteiger partial charge in [-0.25, -0.2) is 9.97 Å². The Hall–Kier alpha value is -6.56. The molecule has 1 aliphatic rings. The third-order valence-corrected chi connectivity index (χ3v) is 9.70. The lowest BCUT2D eigenvalue weighted by Gasteiger charge is -2.27. The fourth-order valence-electron chi connectivity index (χ4n) is 7.08. The predicted molar refractivity (Wildman–Crippen MR) is 203 cm³/mol. The highest BCUT2D eigenvalue weighted by Gasteiger charge is 2.30. The summed E-state index contributed by atoms with van der Waals surface area (Å²) in [5, 5.41) is 24.3. The number of nitrogens with one attached hydrogen (secondary N) is 2. The van der Waals surface area contributed by atoms with Gasteiger partial charge in [-0.1, -0.05) is 6.07 Å². The molecule has 4 amide bonds. The molecule has 0 unspecified atom stereocenters. The van der Waals surface area contributed by atoms with E-state index in [-0.39, 0.29) is 36.0 Å². The largest absolute Gasteiger partial charge is 0.489 e. The number of carbonyl (C=O) groups excluding carboxylic acids is 4. The Balaban J connectivity index is 1.23. The molecule has 0 aliphatic carbocycles. The van der Waals surface area contributed by atoms with Gasteiger partial charge in [0.25, 0.3) is 17.7 Å². The van der Waals surface area contributed by atoms with Gasteiger partial charge < -0.3 is 29.6 Å². The van der Waals surface area contributed by atoms with Crippen molar-refractivity contribution in [3.63, 3.8) is 0 Å². The monoisotopic (exact) mass is 750 g/mol. The van der Waals surface area contributed by atoms with Crippen LogP contribution in [0, 0.1) is 13.8 Å². The predicted octanol–water partition coefficient (Wildman–Crippen LogP) is 3.41. The number of hydrogen-bond acceptors (Lipinski definition) is 10. The normalized spacial score (nSPS) is 13.6. The summed E-state index contributed by atoms with van der Waals surface area (Å²) in [6.45, 7) is 8.34. The number of fused-ring (bicyclic) bond motifs is 1. The number of hydrogen-bond donors (Lipinski definition) is 4. The van der Waals surface area contributed by atoms with Crippen molar-refractivity contribution in [3.05, 3.63) is 70.8 Å². The van der Waals surface area contributed by atoms with Crippen LogP contribution in [0.15, 0.2) is 42.5 Å². The van der Waals surface area contributed by atoms with Crippen molar-refractivity contribution in [2.75, 3.05) is 35.8 Å². The van der Waals surface area contributed by atoms with Gasteiger partial charge in [-0.2, -0.15) is 10.2 Å². The molecule has 286 valence electrons. The molecule has 18 nitrogen and oxygen atoms in total. The molecule has 1 atom stereocenters. The number of nitrogens with two attached hydrogens (primary N) is 1. The second-order valence-corrected chi connectivity index (χ2v) is 13.3. The van der Waals surface area contributed by atoms with Crippen molar-refractivity contribution in [2.45, 2.75) is 66.2 Å². The maximum Gasteiger partial charge on any atom is 0.276 e. The average molecular weight is 751 g/mol. The van der Waals surface area contributed by atoms with Gasteiger partial charge in [0.15, 0.2) is 0 Å². The van der Waals surface area contributed by atoms with Gasteiger partial charge in [0.1, 0.15) is 41.4 Å². The van der Waals surface area contributed by atoms with Gasteiger partial charge in [-0.15, -0.1) is 0 Å². The number of benzene rings is 2. The standard InChI is InChI=1S/C37H42N12O6/c1-6-47-27(14-20(3)43-47)34(53)41-36-40-31-25(45(5)30(51)18-50)11-8-12-26(31)46(36)13-9-10-23-19-55-29-17-22(33(38)52)16-24-32(29)49(23)37(39-24)42-35(54)28-15-21(4)44-48(28)7-2/h8,11-12,14-17,23,50H,6-7,9-10,13,18-19H2,1-5H3,(H2,38,52)(H,39,42,54)(H,40,41,53)/t23-/m0/s1. The Morgan fingerprint density at radius 2 is 1.60 bits per heavy atom. The first-order valence-electron chi connectivity index (χ1n) is 18.0. The highest BCUT2D eigenvalue weighted by atomic mass is 16.5. The van der Waals surface area contributed by atoms with E-state index < -0.39 is 24.3 Å². The number of carbonyl (C=O) groups is 4. The molecule has 4 aromatic heterocycles. The summed E-state index contributed by atoms with van der Waals surface area (Å²) >= 11 is 0. The van der Waals surface area contributed by atoms with Gasteiger partial charge >= 0.3 is 0 Å². The van der Waals surface area contributed by atoms with Crippen LogP contribution in [0.5, 0.6) is 5.75 Å². The third kappa shape index (κ3) is 6.75. The molecule has 5 N–H and O–H groups in total. The molecule has 0 saturated carbocycles. The minimum absolute atomic E-state index is 0.211. The Labute approximate surface area is 314 Å². The maximum atomic E-state index is 13.6. The summed E-state index contributed by atoms with van der Waals surface area (Å²) in [5.74, 6) is -0.960. The van der Waals surface area contributed by atoms with E-state index in [0.29, 0.717) is 88.8 Å². The molecule has 0 spiro atoms. The first-order chi connectivity index (χ1) is 26.4. The van der Waals surface area contributed by atoms with Gasteiger partial charge in [-0.05, 0) is 76.9 Å². The number of imidazole rings is 2. The molecular weight excluding hydrogens is 708 g/mol. The van der Waals surface area contributed by atoms with Gasteiger partial charge in [0, 0.05) is 32.2 Å². The van der Waals surface area contributed by atoms with Gasteiger partial charge in [0.05, 0.1) is 34.2 Å². The number of aliphatic hydroxyl groups is 1. The number of aryl methyl sites for hydroxylation is 5. The Morgan fingerprint density at radius 1 is 0.945 bits per heavy atom. The van der Waals surface area contributed by atoms with Crippen molar-refractivity contribution >= 4 is 63.3 Å². The van der Waals surface area contributed by atoms with Crippen LogP contribution in [0.3, 0.4) is 0 Å². The molecule has 0 bridgehead atoms. The summed E-state index contributed by atoms with van der Waals surface area (Å²) in [4.78, 5) is 62.8. The molecule has 0 saturated heterocycles. The van der Waals surface area contributed by atoms with Crippen LogP contribution >= 0.6 is 0 Å². The smallest absolute Gasteiger partial charge is 0.276 e. The molecule has 5 heterocycles. The van der Waals surface area contributed by atoms with E-state index in [1.807, 2.05) is 42.9 Å². The number of ether oxygens (including phenoxy) is 1. The molecule has 18 heteroatoms. The fraction of sp³-hybridized carbons (Fsp3) is 0.351. The Morgan fingerprint density at radius 3 is 2.22 bits per heavy atom. The molecule has 2 aromatic carbocycles. The summed E-state index contributed by atoms with van der Waals surface area (Å²) in [7, 11) is 1.56. The quantitative estimate of drug-likeness (QED) is 0.135. The highest BCUT2D eigenvalue weighted by Crippen LogP contribution is 2.39. The molecule has 55 heavy (non-hydrogen) atoms. The van der Waals surface area contributed by atoms with Crippen LogP contribution in [0.1, 0.15) is 75.5 Å². The van der Waals surface area contributed by atoms with Crippen molar-refractivity contribution < 1.29 is 29.0 Å². The zero-order valence-electron chi connectivity index (χ0n) is 31.2. The SMILES string of the molecule is CCn1nc(C)cc1C(=O)Nc1nc2c(N(C)C(=O)CO)cccc2n1CCC[C@H]1COc2cc(C(N)=O)cc3nc(NC(=O)c4cc(C)nn4CC)n1c23. The maximum absolute atomic E-state index is 13.6. The van der Waals surface area contributed by atoms with Crippen molar-refractivity contribution in [2.24, 2.45) is 5.73 Å². The minimum Gasteiger partial charge on any atom is -0.489 e. The van der Waals surface area contributed by atoms with Crippen molar-refractivity contribution in [1.29, 1.82) is 0 Å². The van der Waals surface area contributed by atoms with Crippen LogP contribution in [0.2, 0.25) is 0 Å². The highest BCUT2D eigenvalue weighted by molar-refractivity contribution is 6.06. The number of likely N-dealkylation sites (N-methyl/N-ethyl adjacent to an activating group) is 1. The number of aromatic nitrogens is 8. The second-order valence-electron chi connectivity index (χ2n) is 13.3. The first kappa shape index (κ1) is 36.8. The number of nitrogens with zero attached hydrogens (tertiary/aromatic N) is 9. The number of amides is 4. The number of para-hydroxylation sites is 1. The lowest BCUT2D eigenvalue weighted by atomic mass is 10.1. The molecule has 1 aliphatic heterocycles. The zero-order chi connectivity index (χ0) is 39.1. The Bertz CT molecular complexity index is 2490. The fourth-order valence-corrected chi connectivity index (χ4v) is 7.08. The van der Waals surface area contributed by atoms with E-state index in [9.17, 15) is 24.3 Å². The van der Waals surface area contributed by atoms with E-state index in [1.54, 1.807) is 52.8 Å². The number of aliphatic hydroxyl groups excluding tert-OH is 1. The molecule has 7 rings (SSSR count). The average Bonchev–Trinajstić information content (AvgIpc) is 3.94. The molecule has 6 aromatic rings. The van der Waals surface area contributed by atoms with E-state index >= 15 is 0 Å².